The van der Waals surface area contributed by atoms with Crippen LogP contribution in [0.3, 0.4) is 0 Å². The second-order valence-corrected chi connectivity index (χ2v) is 7.58. The van der Waals surface area contributed by atoms with Crippen LogP contribution in [0, 0.1) is 6.92 Å². The molecule has 1 aliphatic heterocycles. The minimum Gasteiger partial charge on any atom is -0.497 e. The fourth-order valence-electron chi connectivity index (χ4n) is 4.13. The van der Waals surface area contributed by atoms with Crippen LogP contribution in [-0.2, 0) is 4.79 Å². The maximum absolute atomic E-state index is 13.6. The highest BCUT2D eigenvalue weighted by Crippen LogP contribution is 2.46. The zero-order valence-corrected chi connectivity index (χ0v) is 17.8. The van der Waals surface area contributed by atoms with Crippen molar-refractivity contribution in [3.63, 3.8) is 0 Å². The van der Waals surface area contributed by atoms with Crippen LogP contribution in [0.4, 0.5) is 0 Å². The van der Waals surface area contributed by atoms with Gasteiger partial charge in [0.2, 0.25) is 5.43 Å². The molecule has 1 aliphatic rings. The van der Waals surface area contributed by atoms with Gasteiger partial charge in [0.1, 0.15) is 46.0 Å². The van der Waals surface area contributed by atoms with E-state index in [1.165, 1.54) is 13.4 Å². The molecule has 0 unspecified atom stereocenters. The molecule has 7 nitrogen and oxygen atoms in total. The molecule has 5 rings (SSSR count). The highest BCUT2D eigenvalue weighted by molar-refractivity contribution is 5.94. The molecule has 1 atom stereocenters. The van der Waals surface area contributed by atoms with Crippen molar-refractivity contribution in [3.05, 3.63) is 76.0 Å². The molecule has 162 valence electrons. The Labute approximate surface area is 183 Å². The van der Waals surface area contributed by atoms with Crippen LogP contribution in [0.15, 0.2) is 62.4 Å². The van der Waals surface area contributed by atoms with Gasteiger partial charge in [0.15, 0.2) is 0 Å². The number of carbonyl (C=O) groups excluding carboxylic acids is 1. The number of aryl methyl sites for hydroxylation is 1. The minimum absolute atomic E-state index is 0.0747. The maximum atomic E-state index is 13.6. The van der Waals surface area contributed by atoms with E-state index in [9.17, 15) is 9.59 Å². The lowest BCUT2D eigenvalue weighted by Gasteiger charge is -2.24. The van der Waals surface area contributed by atoms with Gasteiger partial charge in [-0.3, -0.25) is 9.59 Å². The van der Waals surface area contributed by atoms with Crippen LogP contribution in [-0.4, -0.2) is 20.2 Å². The zero-order chi connectivity index (χ0) is 22.4. The fourth-order valence-corrected chi connectivity index (χ4v) is 4.13. The van der Waals surface area contributed by atoms with Gasteiger partial charge in [-0.15, -0.1) is 0 Å². The monoisotopic (exact) mass is 432 g/mol. The van der Waals surface area contributed by atoms with E-state index in [-0.39, 0.29) is 23.0 Å². The summed E-state index contributed by atoms with van der Waals surface area (Å²) in [7, 11) is 3.04. The molecular formula is C25H20O7. The first-order valence-corrected chi connectivity index (χ1v) is 10.1. The van der Waals surface area contributed by atoms with Gasteiger partial charge in [0, 0.05) is 11.6 Å². The summed E-state index contributed by atoms with van der Waals surface area (Å²) in [4.78, 5) is 25.9. The molecule has 2 aromatic carbocycles. The third-order valence-corrected chi connectivity index (χ3v) is 5.68. The van der Waals surface area contributed by atoms with Crippen LogP contribution in [0.5, 0.6) is 17.2 Å². The van der Waals surface area contributed by atoms with E-state index in [0.717, 1.165) is 5.76 Å². The van der Waals surface area contributed by atoms with Crippen molar-refractivity contribution in [2.45, 2.75) is 19.3 Å². The van der Waals surface area contributed by atoms with Gasteiger partial charge in [-0.2, -0.15) is 0 Å². The Bertz CT molecular complexity index is 1390. The lowest BCUT2D eigenvalue weighted by atomic mass is 9.88. The highest BCUT2D eigenvalue weighted by Gasteiger charge is 2.35. The van der Waals surface area contributed by atoms with Gasteiger partial charge in [-0.05, 0) is 36.8 Å². The average molecular weight is 432 g/mol. The predicted molar refractivity (Wildman–Crippen MR) is 117 cm³/mol. The standard InChI is InChI=1S/C25H20O7/c1-13-4-9-18(31-13)16-10-21(26)32-20-11-19(29-3)23-24(27)17(12-30-25(23)22(16)20)14-5-7-15(28-2)8-6-14/h4-9,11-12,16H,10H2,1-3H3/t16-/m0/s1. The van der Waals surface area contributed by atoms with Crippen molar-refractivity contribution < 1.29 is 27.8 Å². The van der Waals surface area contributed by atoms with Gasteiger partial charge >= 0.3 is 5.97 Å². The van der Waals surface area contributed by atoms with Gasteiger partial charge < -0.3 is 23.0 Å². The summed E-state index contributed by atoms with van der Waals surface area (Å²) in [5.74, 6) is 1.75. The Hall–Kier alpha value is -4.00. The summed E-state index contributed by atoms with van der Waals surface area (Å²) in [6.45, 7) is 1.83. The molecule has 0 saturated carbocycles. The van der Waals surface area contributed by atoms with E-state index >= 15 is 0 Å². The summed E-state index contributed by atoms with van der Waals surface area (Å²) < 4.78 is 28.0. The molecule has 32 heavy (non-hydrogen) atoms. The Balaban J connectivity index is 1.77. The van der Waals surface area contributed by atoms with Gasteiger partial charge in [-0.25, -0.2) is 0 Å². The Kier molecular flexibility index (Phi) is 4.74. The molecule has 0 bridgehead atoms. The molecule has 0 N–H and O–H groups in total. The molecule has 0 radical (unpaired) electrons. The number of carbonyl (C=O) groups is 1. The summed E-state index contributed by atoms with van der Waals surface area (Å²) in [5.41, 5.74) is 1.73. The van der Waals surface area contributed by atoms with E-state index in [2.05, 4.69) is 0 Å². The molecule has 0 amide bonds. The lowest BCUT2D eigenvalue weighted by Crippen LogP contribution is -2.22. The van der Waals surface area contributed by atoms with Crippen LogP contribution in [0.25, 0.3) is 22.1 Å². The summed E-state index contributed by atoms with van der Waals surface area (Å²) in [6, 6.07) is 12.3. The second-order valence-electron chi connectivity index (χ2n) is 7.58. The first kappa shape index (κ1) is 19.9. The first-order chi connectivity index (χ1) is 15.5. The number of ether oxygens (including phenoxy) is 3. The number of hydrogen-bond acceptors (Lipinski definition) is 7. The smallest absolute Gasteiger partial charge is 0.312 e. The third kappa shape index (κ3) is 3.13. The normalized spacial score (nSPS) is 15.3. The van der Waals surface area contributed by atoms with Crippen LogP contribution in [0.1, 0.15) is 29.4 Å². The van der Waals surface area contributed by atoms with Crippen molar-refractivity contribution in [2.75, 3.05) is 14.2 Å². The summed E-state index contributed by atoms with van der Waals surface area (Å²) >= 11 is 0. The number of benzene rings is 2. The van der Waals surface area contributed by atoms with Crippen LogP contribution >= 0.6 is 0 Å². The maximum Gasteiger partial charge on any atom is 0.312 e. The summed E-state index contributed by atoms with van der Waals surface area (Å²) in [6.07, 6.45) is 1.50. The van der Waals surface area contributed by atoms with Crippen LogP contribution < -0.4 is 19.6 Å². The minimum atomic E-state index is -0.441. The topological polar surface area (TPSA) is 88.1 Å². The highest BCUT2D eigenvalue weighted by atomic mass is 16.5. The number of fused-ring (bicyclic) bond motifs is 3. The van der Waals surface area contributed by atoms with E-state index in [1.807, 2.05) is 19.1 Å². The van der Waals surface area contributed by atoms with E-state index in [4.69, 9.17) is 23.0 Å². The molecular weight excluding hydrogens is 412 g/mol. The lowest BCUT2D eigenvalue weighted by molar-refractivity contribution is -0.135. The SMILES string of the molecule is COc1ccc(-c2coc3c4c(cc(OC)c3c2=O)OC(=O)C[C@H]4c2ccc(C)o2)cc1. The molecule has 0 saturated heterocycles. The largest absolute Gasteiger partial charge is 0.497 e. The van der Waals surface area contributed by atoms with Crippen LogP contribution in [0.2, 0.25) is 0 Å². The van der Waals surface area contributed by atoms with Crippen molar-refractivity contribution >= 4 is 16.9 Å². The molecule has 4 aromatic rings. The fraction of sp³-hybridized carbons (Fsp3) is 0.200. The Morgan fingerprint density at radius 3 is 2.44 bits per heavy atom. The molecule has 0 spiro atoms. The number of esters is 1. The van der Waals surface area contributed by atoms with Crippen molar-refractivity contribution in [1.82, 2.24) is 0 Å². The second kappa shape index (κ2) is 7.60. The number of furan rings is 1. The molecule has 0 fully saturated rings. The average Bonchev–Trinajstić information content (AvgIpc) is 3.24. The zero-order valence-electron chi connectivity index (χ0n) is 17.8. The van der Waals surface area contributed by atoms with E-state index < -0.39 is 11.9 Å². The Morgan fingerprint density at radius 2 is 1.78 bits per heavy atom. The first-order valence-electron chi connectivity index (χ1n) is 10.1. The number of methoxy groups -OCH3 is 2. The molecule has 7 heteroatoms. The molecule has 0 aliphatic carbocycles. The van der Waals surface area contributed by atoms with Gasteiger partial charge in [0.25, 0.3) is 0 Å². The van der Waals surface area contributed by atoms with Gasteiger partial charge in [0.05, 0.1) is 32.1 Å². The van der Waals surface area contributed by atoms with Crippen molar-refractivity contribution in [2.24, 2.45) is 0 Å². The molecule has 3 heterocycles. The third-order valence-electron chi connectivity index (χ3n) is 5.68. The van der Waals surface area contributed by atoms with Gasteiger partial charge in [-0.1, -0.05) is 12.1 Å². The van der Waals surface area contributed by atoms with Crippen molar-refractivity contribution in [1.29, 1.82) is 0 Å². The quantitative estimate of drug-likeness (QED) is 0.337. The molecule has 2 aromatic heterocycles. The van der Waals surface area contributed by atoms with Crippen molar-refractivity contribution in [3.8, 4) is 28.4 Å². The summed E-state index contributed by atoms with van der Waals surface area (Å²) in [5, 5.41) is 0.283. The predicted octanol–water partition coefficient (Wildman–Crippen LogP) is 4.82. The van der Waals surface area contributed by atoms with E-state index in [0.29, 0.717) is 39.5 Å². The number of hydrogen-bond donors (Lipinski definition) is 0. The van der Waals surface area contributed by atoms with E-state index in [1.54, 1.807) is 37.4 Å². The Morgan fingerprint density at radius 1 is 1.00 bits per heavy atom. The number of rotatable bonds is 4.